The highest BCUT2D eigenvalue weighted by Crippen LogP contribution is 2.46. The highest BCUT2D eigenvalue weighted by atomic mass is 16.3. The van der Waals surface area contributed by atoms with Crippen molar-refractivity contribution in [3.8, 4) is 67.3 Å². The van der Waals surface area contributed by atoms with Crippen LogP contribution in [0.4, 0.5) is 0 Å². The van der Waals surface area contributed by atoms with Crippen LogP contribution in [0, 0.1) is 0 Å². The maximum Gasteiger partial charge on any atom is 0.160 e. The number of furan rings is 1. The van der Waals surface area contributed by atoms with Gasteiger partial charge in [0.05, 0.1) is 22.4 Å². The second-order valence-electron chi connectivity index (χ2n) is 15.5. The molecule has 0 fully saturated rings. The summed E-state index contributed by atoms with van der Waals surface area (Å²) in [6.07, 6.45) is 0. The molecule has 284 valence electrons. The number of benzene rings is 9. The van der Waals surface area contributed by atoms with Gasteiger partial charge in [0.15, 0.2) is 5.82 Å². The van der Waals surface area contributed by atoms with E-state index in [0.717, 1.165) is 105 Å². The van der Waals surface area contributed by atoms with Crippen molar-refractivity contribution >= 4 is 54.5 Å². The van der Waals surface area contributed by atoms with Crippen LogP contribution in [0.2, 0.25) is 0 Å². The highest BCUT2D eigenvalue weighted by Gasteiger charge is 2.22. The maximum absolute atomic E-state index is 6.61. The number of hydrogen-bond donors (Lipinski definition) is 0. The Kier molecular flexibility index (Phi) is 8.13. The van der Waals surface area contributed by atoms with E-state index in [9.17, 15) is 0 Å². The van der Waals surface area contributed by atoms with E-state index < -0.39 is 0 Å². The minimum Gasteiger partial charge on any atom is -0.456 e. The summed E-state index contributed by atoms with van der Waals surface area (Å²) in [6, 6.07) is 74.4. The molecule has 0 atom stereocenters. The Morgan fingerprint density at radius 1 is 0.279 bits per heavy atom. The van der Waals surface area contributed by atoms with Crippen molar-refractivity contribution in [2.24, 2.45) is 0 Å². The lowest BCUT2D eigenvalue weighted by molar-refractivity contribution is 0.669. The molecule has 4 heteroatoms. The second kappa shape index (κ2) is 14.3. The molecule has 3 aromatic heterocycles. The molecule has 3 heterocycles. The summed E-state index contributed by atoms with van der Waals surface area (Å²) in [7, 11) is 0. The Morgan fingerprint density at radius 2 is 0.803 bits per heavy atom. The average Bonchev–Trinajstić information content (AvgIpc) is 3.71. The monoisotopic (exact) mass is 777 g/mol. The molecular formula is C57H35N3O. The minimum atomic E-state index is 0.699. The molecule has 12 rings (SSSR count). The van der Waals surface area contributed by atoms with Gasteiger partial charge < -0.3 is 4.42 Å². The first-order valence-corrected chi connectivity index (χ1v) is 20.6. The molecule has 0 bridgehead atoms. The normalized spacial score (nSPS) is 11.6. The van der Waals surface area contributed by atoms with Crippen LogP contribution in [0.15, 0.2) is 217 Å². The van der Waals surface area contributed by atoms with Crippen LogP contribution < -0.4 is 0 Å². The molecule has 0 N–H and O–H groups in total. The van der Waals surface area contributed by atoms with Gasteiger partial charge in [-0.15, -0.1) is 0 Å². The molecule has 0 aliphatic rings. The van der Waals surface area contributed by atoms with Crippen LogP contribution in [0.5, 0.6) is 0 Å². The predicted molar refractivity (Wildman–Crippen MR) is 252 cm³/mol. The molecule has 0 aliphatic carbocycles. The lowest BCUT2D eigenvalue weighted by Crippen LogP contribution is -1.95. The molecule has 0 unspecified atom stereocenters. The molecule has 12 aromatic rings. The Bertz CT molecular complexity index is 3610. The molecule has 9 aromatic carbocycles. The fourth-order valence-electron chi connectivity index (χ4n) is 8.96. The fraction of sp³-hybridized carbons (Fsp3) is 0. The molecule has 4 nitrogen and oxygen atoms in total. The van der Waals surface area contributed by atoms with Gasteiger partial charge in [-0.3, -0.25) is 0 Å². The molecule has 0 spiro atoms. The summed E-state index contributed by atoms with van der Waals surface area (Å²) < 4.78 is 6.61. The summed E-state index contributed by atoms with van der Waals surface area (Å²) in [5.41, 5.74) is 15.4. The number of rotatable bonds is 6. The fourth-order valence-corrected chi connectivity index (χ4v) is 8.96. The highest BCUT2D eigenvalue weighted by molar-refractivity contribution is 6.27. The van der Waals surface area contributed by atoms with E-state index >= 15 is 0 Å². The first-order valence-electron chi connectivity index (χ1n) is 20.6. The van der Waals surface area contributed by atoms with Gasteiger partial charge in [-0.25, -0.2) is 15.0 Å². The zero-order valence-electron chi connectivity index (χ0n) is 33.0. The topological polar surface area (TPSA) is 51.8 Å². The Hall–Kier alpha value is -8.21. The van der Waals surface area contributed by atoms with E-state index in [1.165, 1.54) is 10.9 Å². The van der Waals surface area contributed by atoms with Gasteiger partial charge in [-0.2, -0.15) is 0 Å². The molecule has 61 heavy (non-hydrogen) atoms. The quantitative estimate of drug-likeness (QED) is 0.158. The van der Waals surface area contributed by atoms with Gasteiger partial charge >= 0.3 is 0 Å². The number of hydrogen-bond acceptors (Lipinski definition) is 4. The largest absolute Gasteiger partial charge is 0.456 e. The summed E-state index contributed by atoms with van der Waals surface area (Å²) in [5.74, 6) is 0.699. The van der Waals surface area contributed by atoms with Gasteiger partial charge in [0.1, 0.15) is 11.2 Å². The van der Waals surface area contributed by atoms with Crippen molar-refractivity contribution < 1.29 is 4.42 Å². The van der Waals surface area contributed by atoms with E-state index in [4.69, 9.17) is 19.4 Å². The lowest BCUT2D eigenvalue weighted by atomic mass is 9.89. The first-order chi connectivity index (χ1) is 30.2. The van der Waals surface area contributed by atoms with Crippen molar-refractivity contribution in [2.45, 2.75) is 0 Å². The van der Waals surface area contributed by atoms with Crippen LogP contribution in [0.1, 0.15) is 0 Å². The Labute approximate surface area is 352 Å². The first kappa shape index (κ1) is 34.8. The third kappa shape index (κ3) is 5.96. The van der Waals surface area contributed by atoms with Gasteiger partial charge in [0.25, 0.3) is 0 Å². The van der Waals surface area contributed by atoms with Crippen molar-refractivity contribution in [2.75, 3.05) is 0 Å². The summed E-state index contributed by atoms with van der Waals surface area (Å²) in [4.78, 5) is 15.5. The van der Waals surface area contributed by atoms with Crippen LogP contribution in [-0.4, -0.2) is 15.0 Å². The number of nitrogens with zero attached hydrogens (tertiary/aromatic N) is 3. The zero-order valence-corrected chi connectivity index (χ0v) is 33.0. The van der Waals surface area contributed by atoms with Gasteiger partial charge in [-0.05, 0) is 58.1 Å². The summed E-state index contributed by atoms with van der Waals surface area (Å²) in [6.45, 7) is 0. The third-order valence-corrected chi connectivity index (χ3v) is 11.9. The Balaban J connectivity index is 0.965. The smallest absolute Gasteiger partial charge is 0.160 e. The van der Waals surface area contributed by atoms with Gasteiger partial charge in [-0.1, -0.05) is 182 Å². The van der Waals surface area contributed by atoms with Gasteiger partial charge in [0, 0.05) is 54.6 Å². The van der Waals surface area contributed by atoms with E-state index in [0.29, 0.717) is 5.82 Å². The van der Waals surface area contributed by atoms with Gasteiger partial charge in [0.2, 0.25) is 0 Å². The minimum absolute atomic E-state index is 0.699. The van der Waals surface area contributed by atoms with Crippen molar-refractivity contribution in [3.05, 3.63) is 212 Å². The molecule has 0 radical (unpaired) electrons. The standard InChI is InChI=1S/C57H35N3O/c1-3-14-36(15-4-1)42-18-13-19-43(34-42)56-45-21-8-11-24-49(45)59-57(60-56)41-32-28-38(29-33-41)37-26-30-39(31-27-37)52-53-44-20-7-10-23-48(44)58-55(40-16-5-2-6-17-40)47(53)35-51-54(52)46-22-9-12-25-50(46)61-51/h1-35H. The number of fused-ring (bicyclic) bond motifs is 7. The van der Waals surface area contributed by atoms with Crippen LogP contribution in [0.25, 0.3) is 122 Å². The second-order valence-corrected chi connectivity index (χ2v) is 15.5. The predicted octanol–water partition coefficient (Wildman–Crippen LogP) is 15.2. The molecule has 0 saturated carbocycles. The third-order valence-electron chi connectivity index (χ3n) is 11.9. The van der Waals surface area contributed by atoms with Crippen LogP contribution >= 0.6 is 0 Å². The van der Waals surface area contributed by atoms with E-state index in [-0.39, 0.29) is 0 Å². The summed E-state index contributed by atoms with van der Waals surface area (Å²) >= 11 is 0. The summed E-state index contributed by atoms with van der Waals surface area (Å²) in [5, 5.41) is 6.58. The van der Waals surface area contributed by atoms with Crippen molar-refractivity contribution in [1.29, 1.82) is 0 Å². The average molecular weight is 778 g/mol. The molecular weight excluding hydrogens is 743 g/mol. The van der Waals surface area contributed by atoms with Crippen LogP contribution in [-0.2, 0) is 0 Å². The molecule has 0 amide bonds. The number of para-hydroxylation sites is 3. The van der Waals surface area contributed by atoms with E-state index in [1.54, 1.807) is 0 Å². The van der Waals surface area contributed by atoms with Crippen molar-refractivity contribution in [3.63, 3.8) is 0 Å². The lowest BCUT2D eigenvalue weighted by Gasteiger charge is -2.16. The van der Waals surface area contributed by atoms with Crippen molar-refractivity contribution in [1.82, 2.24) is 15.0 Å². The number of aromatic nitrogens is 3. The SMILES string of the molecule is c1ccc(-c2cccc(-c3nc(-c4ccc(-c5ccc(-c6c7c(cc8c(-c9ccccc9)nc9ccccc9c68)oc6ccccc67)cc5)cc4)nc4ccccc34)c2)cc1. The Morgan fingerprint density at radius 3 is 1.54 bits per heavy atom. The molecule has 0 aliphatic heterocycles. The number of pyridine rings is 1. The zero-order chi connectivity index (χ0) is 40.3. The maximum atomic E-state index is 6.61. The van der Waals surface area contributed by atoms with E-state index in [2.05, 4.69) is 188 Å². The van der Waals surface area contributed by atoms with E-state index in [1.807, 2.05) is 24.3 Å². The molecule has 0 saturated heterocycles. The van der Waals surface area contributed by atoms with Crippen LogP contribution in [0.3, 0.4) is 0 Å².